The molecule has 9 heteroatoms. The van der Waals surface area contributed by atoms with Gasteiger partial charge in [0.15, 0.2) is 0 Å². The van der Waals surface area contributed by atoms with Crippen molar-refractivity contribution in [3.05, 3.63) is 0 Å². The van der Waals surface area contributed by atoms with E-state index in [2.05, 4.69) is 25.8 Å². The summed E-state index contributed by atoms with van der Waals surface area (Å²) in [7, 11) is 3.32. The molecule has 9 nitrogen and oxygen atoms in total. The molecule has 0 saturated carbocycles. The summed E-state index contributed by atoms with van der Waals surface area (Å²) in [6.07, 6.45) is 0. The van der Waals surface area contributed by atoms with Crippen LogP contribution in [0, 0.1) is 0 Å². The van der Waals surface area contributed by atoms with Crippen molar-refractivity contribution in [2.75, 3.05) is 55.5 Å². The maximum absolute atomic E-state index is 11.6. The molecular formula is C14H28N8O. The first-order valence-corrected chi connectivity index (χ1v) is 7.95. The first-order valence-electron chi connectivity index (χ1n) is 7.95. The van der Waals surface area contributed by atoms with E-state index in [0.29, 0.717) is 17.8 Å². The van der Waals surface area contributed by atoms with Gasteiger partial charge in [-0.15, -0.1) is 0 Å². The number of anilines is 3. The van der Waals surface area contributed by atoms with E-state index in [4.69, 9.17) is 0 Å². The van der Waals surface area contributed by atoms with E-state index in [-0.39, 0.29) is 6.03 Å². The van der Waals surface area contributed by atoms with Crippen LogP contribution in [0.15, 0.2) is 0 Å². The summed E-state index contributed by atoms with van der Waals surface area (Å²) in [4.78, 5) is 30.5. The summed E-state index contributed by atoms with van der Waals surface area (Å²) in [6.45, 7) is 11.4. The molecule has 0 aliphatic carbocycles. The minimum atomic E-state index is -0.279. The molecule has 0 aliphatic heterocycles. The molecule has 1 aromatic rings. The van der Waals surface area contributed by atoms with Crippen LogP contribution in [0.1, 0.15) is 27.7 Å². The Morgan fingerprint density at radius 2 is 1.30 bits per heavy atom. The average Bonchev–Trinajstić information content (AvgIpc) is 2.54. The lowest BCUT2D eigenvalue weighted by molar-refractivity contribution is 0.219. The van der Waals surface area contributed by atoms with E-state index in [1.165, 1.54) is 4.90 Å². The van der Waals surface area contributed by atoms with Gasteiger partial charge in [-0.05, 0) is 27.7 Å². The Labute approximate surface area is 138 Å². The van der Waals surface area contributed by atoms with Crippen LogP contribution in [0.25, 0.3) is 0 Å². The number of hydrazine groups is 1. The second-order valence-electron chi connectivity index (χ2n) is 5.05. The van der Waals surface area contributed by atoms with Crippen molar-refractivity contribution in [2.45, 2.75) is 27.7 Å². The summed E-state index contributed by atoms with van der Waals surface area (Å²) in [5.41, 5.74) is 5.31. The Hall–Kier alpha value is -2.32. The van der Waals surface area contributed by atoms with Gasteiger partial charge >= 0.3 is 6.03 Å². The standard InChI is InChI=1S/C14H28N8O/c1-7-21(8-2)12-15-11(18-19-14(23)20(5)6)16-13(17-12)22(9-3)10-4/h7-10H2,1-6H3,(H,19,23)(H,15,16,17,18). The lowest BCUT2D eigenvalue weighted by Crippen LogP contribution is -2.39. The second kappa shape index (κ2) is 8.96. The first kappa shape index (κ1) is 18.7. The van der Waals surface area contributed by atoms with Crippen molar-refractivity contribution in [1.29, 1.82) is 0 Å². The lowest BCUT2D eigenvalue weighted by Gasteiger charge is -2.23. The molecule has 0 unspecified atom stereocenters. The van der Waals surface area contributed by atoms with Gasteiger partial charge in [-0.25, -0.2) is 10.2 Å². The normalized spacial score (nSPS) is 10.2. The second-order valence-corrected chi connectivity index (χ2v) is 5.05. The van der Waals surface area contributed by atoms with Gasteiger partial charge in [0.2, 0.25) is 17.8 Å². The predicted octanol–water partition coefficient (Wildman–Crippen LogP) is 1.16. The van der Waals surface area contributed by atoms with E-state index < -0.39 is 0 Å². The SMILES string of the molecule is CCN(CC)c1nc(NNC(=O)N(C)C)nc(N(CC)CC)n1. The molecule has 0 atom stereocenters. The van der Waals surface area contributed by atoms with Crippen molar-refractivity contribution >= 4 is 23.9 Å². The van der Waals surface area contributed by atoms with Crippen molar-refractivity contribution < 1.29 is 4.79 Å². The third-order valence-electron chi connectivity index (χ3n) is 3.39. The van der Waals surface area contributed by atoms with Crippen LogP contribution in [0.2, 0.25) is 0 Å². The van der Waals surface area contributed by atoms with Gasteiger partial charge in [-0.1, -0.05) is 0 Å². The van der Waals surface area contributed by atoms with Crippen LogP contribution in [-0.2, 0) is 0 Å². The molecule has 1 aromatic heterocycles. The molecule has 1 rings (SSSR count). The fourth-order valence-electron chi connectivity index (χ4n) is 1.93. The Bertz CT molecular complexity index is 469. The monoisotopic (exact) mass is 324 g/mol. The highest BCUT2D eigenvalue weighted by Gasteiger charge is 2.15. The number of hydrogen-bond donors (Lipinski definition) is 2. The number of carbonyl (C=O) groups is 1. The maximum atomic E-state index is 11.6. The first-order chi connectivity index (χ1) is 11.0. The molecule has 0 spiro atoms. The molecule has 2 amide bonds. The van der Waals surface area contributed by atoms with Crippen LogP contribution in [-0.4, -0.2) is 66.2 Å². The van der Waals surface area contributed by atoms with Crippen LogP contribution < -0.4 is 20.7 Å². The number of urea groups is 1. The Balaban J connectivity index is 3.10. The Morgan fingerprint density at radius 1 is 0.870 bits per heavy atom. The smallest absolute Gasteiger partial charge is 0.335 e. The van der Waals surface area contributed by atoms with E-state index in [9.17, 15) is 4.79 Å². The van der Waals surface area contributed by atoms with E-state index in [0.717, 1.165) is 26.2 Å². The average molecular weight is 324 g/mol. The summed E-state index contributed by atoms with van der Waals surface area (Å²) in [5, 5.41) is 0. The fraction of sp³-hybridized carbons (Fsp3) is 0.714. The number of rotatable bonds is 8. The number of aromatic nitrogens is 3. The highest BCUT2D eigenvalue weighted by Crippen LogP contribution is 2.16. The van der Waals surface area contributed by atoms with Crippen molar-refractivity contribution in [3.63, 3.8) is 0 Å². The summed E-state index contributed by atoms with van der Waals surface area (Å²) >= 11 is 0. The molecule has 0 radical (unpaired) electrons. The van der Waals surface area contributed by atoms with Gasteiger partial charge in [-0.2, -0.15) is 15.0 Å². The number of nitrogens with zero attached hydrogens (tertiary/aromatic N) is 6. The molecule has 1 heterocycles. The van der Waals surface area contributed by atoms with Crippen molar-refractivity contribution in [2.24, 2.45) is 0 Å². The molecular weight excluding hydrogens is 296 g/mol. The zero-order chi connectivity index (χ0) is 17.4. The third-order valence-corrected chi connectivity index (χ3v) is 3.39. The number of carbonyl (C=O) groups excluding carboxylic acids is 1. The van der Waals surface area contributed by atoms with Crippen molar-refractivity contribution in [1.82, 2.24) is 25.3 Å². The minimum absolute atomic E-state index is 0.279. The summed E-state index contributed by atoms with van der Waals surface area (Å²) in [5.74, 6) is 1.50. The van der Waals surface area contributed by atoms with Gasteiger partial charge in [0.25, 0.3) is 0 Å². The summed E-state index contributed by atoms with van der Waals surface area (Å²) < 4.78 is 0. The highest BCUT2D eigenvalue weighted by molar-refractivity contribution is 5.74. The maximum Gasteiger partial charge on any atom is 0.335 e. The Morgan fingerprint density at radius 3 is 1.65 bits per heavy atom. The van der Waals surface area contributed by atoms with E-state index in [1.807, 2.05) is 37.5 Å². The van der Waals surface area contributed by atoms with Gasteiger partial charge in [-0.3, -0.25) is 5.43 Å². The fourth-order valence-corrected chi connectivity index (χ4v) is 1.93. The molecule has 0 bridgehead atoms. The highest BCUT2D eigenvalue weighted by atomic mass is 16.2. The summed E-state index contributed by atoms with van der Waals surface area (Å²) in [6, 6.07) is -0.279. The zero-order valence-corrected chi connectivity index (χ0v) is 14.9. The van der Waals surface area contributed by atoms with Gasteiger partial charge in [0.1, 0.15) is 0 Å². The number of nitrogens with one attached hydrogen (secondary N) is 2. The van der Waals surface area contributed by atoms with Gasteiger partial charge in [0, 0.05) is 40.3 Å². The van der Waals surface area contributed by atoms with Crippen molar-refractivity contribution in [3.8, 4) is 0 Å². The topological polar surface area (TPSA) is 89.5 Å². The van der Waals surface area contributed by atoms with Crippen LogP contribution in [0.4, 0.5) is 22.6 Å². The lowest BCUT2D eigenvalue weighted by atomic mass is 10.5. The van der Waals surface area contributed by atoms with Crippen LogP contribution in [0.5, 0.6) is 0 Å². The number of amides is 2. The van der Waals surface area contributed by atoms with Gasteiger partial charge in [0.05, 0.1) is 0 Å². The third kappa shape index (κ3) is 5.11. The molecule has 130 valence electrons. The Kier molecular flexibility index (Phi) is 7.30. The molecule has 23 heavy (non-hydrogen) atoms. The van der Waals surface area contributed by atoms with Crippen LogP contribution >= 0.6 is 0 Å². The number of hydrogen-bond acceptors (Lipinski definition) is 7. The molecule has 0 fully saturated rings. The molecule has 0 saturated heterocycles. The zero-order valence-electron chi connectivity index (χ0n) is 14.9. The van der Waals surface area contributed by atoms with Crippen LogP contribution in [0.3, 0.4) is 0 Å². The largest absolute Gasteiger partial charge is 0.341 e. The molecule has 2 N–H and O–H groups in total. The predicted molar refractivity (Wildman–Crippen MR) is 92.8 cm³/mol. The molecule has 0 aliphatic rings. The van der Waals surface area contributed by atoms with Gasteiger partial charge < -0.3 is 14.7 Å². The quantitative estimate of drug-likeness (QED) is 0.694. The minimum Gasteiger partial charge on any atom is -0.341 e. The molecule has 0 aromatic carbocycles. The van der Waals surface area contributed by atoms with E-state index in [1.54, 1.807) is 14.1 Å². The van der Waals surface area contributed by atoms with E-state index >= 15 is 0 Å².